The maximum absolute atomic E-state index is 15.6. The van der Waals surface area contributed by atoms with Crippen LogP contribution in [0.2, 0.25) is 5.02 Å². The number of anilines is 1. The van der Waals surface area contributed by atoms with Crippen molar-refractivity contribution in [3.05, 3.63) is 83.3 Å². The number of alkyl halides is 1. The molecule has 7 rings (SSSR count). The van der Waals surface area contributed by atoms with Crippen molar-refractivity contribution in [3.8, 4) is 16.9 Å². The number of ketones is 1. The van der Waals surface area contributed by atoms with Crippen LogP contribution in [0.25, 0.3) is 22.0 Å². The quantitative estimate of drug-likeness (QED) is 0.233. The molecule has 49 heavy (non-hydrogen) atoms. The summed E-state index contributed by atoms with van der Waals surface area (Å²) in [7, 11) is 1.61. The number of aromatic nitrogens is 1. The number of methoxy groups -OCH3 is 1. The van der Waals surface area contributed by atoms with Crippen molar-refractivity contribution in [2.75, 3.05) is 32.2 Å². The Morgan fingerprint density at radius 2 is 1.73 bits per heavy atom. The second-order valence-electron chi connectivity index (χ2n) is 12.5. The lowest BCUT2D eigenvalue weighted by molar-refractivity contribution is -0.137. The van der Waals surface area contributed by atoms with Gasteiger partial charge in [0.05, 0.1) is 25.4 Å². The van der Waals surface area contributed by atoms with Crippen molar-refractivity contribution >= 4 is 45.8 Å². The normalized spacial score (nSPS) is 24.7. The first-order chi connectivity index (χ1) is 23.6. The average Bonchev–Trinajstić information content (AvgIpc) is 3.86. The maximum atomic E-state index is 15.6. The number of nitrogens with zero attached hydrogens (tertiary/aromatic N) is 2. The molecule has 0 radical (unpaired) electrons. The predicted molar refractivity (Wildman–Crippen MR) is 177 cm³/mol. The summed E-state index contributed by atoms with van der Waals surface area (Å²) in [4.78, 5) is 40.9. The van der Waals surface area contributed by atoms with Crippen molar-refractivity contribution in [2.24, 2.45) is 0 Å². The lowest BCUT2D eigenvalue weighted by atomic mass is 10.0. The van der Waals surface area contributed by atoms with Gasteiger partial charge in [-0.15, -0.1) is 0 Å². The minimum Gasteiger partial charge on any atom is -0.485 e. The lowest BCUT2D eigenvalue weighted by Gasteiger charge is -2.24. The molecule has 13 heteroatoms. The highest BCUT2D eigenvalue weighted by molar-refractivity contribution is 6.33. The number of halogens is 3. The number of carbonyl (C=O) groups excluding carboxylic acids is 3. The smallest absolute Gasteiger partial charge is 0.247 e. The van der Waals surface area contributed by atoms with Gasteiger partial charge in [0.1, 0.15) is 42.8 Å². The summed E-state index contributed by atoms with van der Waals surface area (Å²) in [5.41, 5.74) is 1.48. The molecule has 0 aliphatic carbocycles. The standard InChI is InChI=1S/C36H34ClF2N3O7/c1-19(43)25-15-41(28-11-10-21(13-24(25)28)49-31-18-48-34-30(46-2)17-47-35(31)34)16-32(44)42-14-20(38)12-29(42)36(45)40-27-9-5-7-23(33(27)39)22-6-3-4-8-26(22)37/h3-11,13,15,20,29-31,34-35H,12,14,16-18H2,1-2H3,(H,40,45)/t20-,29+,30-,31-,34-,35-/m1/s1. The molecule has 1 aromatic heterocycles. The number of carbonyl (C=O) groups is 3. The van der Waals surface area contributed by atoms with Crippen LogP contribution in [0.4, 0.5) is 14.5 Å². The molecule has 0 spiro atoms. The van der Waals surface area contributed by atoms with Crippen molar-refractivity contribution in [1.29, 1.82) is 0 Å². The van der Waals surface area contributed by atoms with Crippen LogP contribution >= 0.6 is 11.6 Å². The zero-order valence-electron chi connectivity index (χ0n) is 26.7. The van der Waals surface area contributed by atoms with E-state index in [1.807, 2.05) is 0 Å². The molecule has 3 aliphatic rings. The monoisotopic (exact) mass is 693 g/mol. The summed E-state index contributed by atoms with van der Waals surface area (Å²) in [5.74, 6) is -1.67. The SMILES string of the molecule is CO[C@@H]1CO[C@H]2[C@@H]1OC[C@H]2Oc1ccc2c(c1)c(C(C)=O)cn2CC(=O)N1C[C@H](F)C[C@H]1C(=O)Nc1cccc(-c2ccccc2Cl)c1F. The van der Waals surface area contributed by atoms with E-state index in [4.69, 9.17) is 30.5 Å². The Labute approximate surface area is 285 Å². The summed E-state index contributed by atoms with van der Waals surface area (Å²) in [5, 5.41) is 3.46. The van der Waals surface area contributed by atoms with Gasteiger partial charge in [0.2, 0.25) is 11.8 Å². The van der Waals surface area contributed by atoms with Crippen LogP contribution in [0.15, 0.2) is 66.9 Å². The maximum Gasteiger partial charge on any atom is 0.247 e. The molecular weight excluding hydrogens is 660 g/mol. The summed E-state index contributed by atoms with van der Waals surface area (Å²) in [6.45, 7) is 1.60. The molecule has 3 fully saturated rings. The van der Waals surface area contributed by atoms with Crippen LogP contribution < -0.4 is 10.1 Å². The Morgan fingerprint density at radius 3 is 2.49 bits per heavy atom. The highest BCUT2D eigenvalue weighted by Crippen LogP contribution is 2.35. The van der Waals surface area contributed by atoms with Gasteiger partial charge in [-0.25, -0.2) is 8.78 Å². The van der Waals surface area contributed by atoms with Gasteiger partial charge in [-0.2, -0.15) is 0 Å². The number of Topliss-reactive ketones (excluding diaryl/α,β-unsaturated/α-hetero) is 1. The topological polar surface area (TPSA) is 108 Å². The molecule has 3 aromatic carbocycles. The van der Waals surface area contributed by atoms with E-state index in [2.05, 4.69) is 5.32 Å². The van der Waals surface area contributed by atoms with Crippen LogP contribution in [0.5, 0.6) is 5.75 Å². The molecule has 2 amide bonds. The van der Waals surface area contributed by atoms with Crippen molar-refractivity contribution in [1.82, 2.24) is 9.47 Å². The van der Waals surface area contributed by atoms with Gasteiger partial charge in [-0.05, 0) is 37.3 Å². The molecule has 6 atom stereocenters. The fraction of sp³-hybridized carbons (Fsp3) is 0.361. The van der Waals surface area contributed by atoms with Crippen molar-refractivity contribution in [2.45, 2.75) is 56.5 Å². The second-order valence-corrected chi connectivity index (χ2v) is 12.9. The van der Waals surface area contributed by atoms with Crippen LogP contribution in [0, 0.1) is 5.82 Å². The molecule has 256 valence electrons. The Bertz CT molecular complexity index is 1940. The Hall–Kier alpha value is -4.36. The van der Waals surface area contributed by atoms with E-state index in [0.29, 0.717) is 46.0 Å². The van der Waals surface area contributed by atoms with Gasteiger partial charge in [-0.3, -0.25) is 14.4 Å². The van der Waals surface area contributed by atoms with E-state index in [1.54, 1.807) is 72.5 Å². The minimum absolute atomic E-state index is 0.115. The zero-order valence-corrected chi connectivity index (χ0v) is 27.5. The molecule has 0 saturated carbocycles. The van der Waals surface area contributed by atoms with Gasteiger partial charge in [0, 0.05) is 52.3 Å². The lowest BCUT2D eigenvalue weighted by Crippen LogP contribution is -2.44. The number of fused-ring (bicyclic) bond motifs is 2. The van der Waals surface area contributed by atoms with Crippen LogP contribution in [0.3, 0.4) is 0 Å². The van der Waals surface area contributed by atoms with Gasteiger partial charge < -0.3 is 33.7 Å². The van der Waals surface area contributed by atoms with Gasteiger partial charge in [-0.1, -0.05) is 41.9 Å². The number of nitrogens with one attached hydrogen (secondary N) is 1. The van der Waals surface area contributed by atoms with E-state index in [-0.39, 0.29) is 61.0 Å². The number of ether oxygens (including phenoxy) is 4. The highest BCUT2D eigenvalue weighted by atomic mass is 35.5. The minimum atomic E-state index is -1.45. The number of benzene rings is 3. The molecular formula is C36H34ClF2N3O7. The Balaban J connectivity index is 1.08. The number of hydrogen-bond acceptors (Lipinski definition) is 7. The van der Waals surface area contributed by atoms with Crippen LogP contribution in [-0.2, 0) is 30.3 Å². The third kappa shape index (κ3) is 6.29. The molecule has 10 nitrogen and oxygen atoms in total. The molecule has 3 aliphatic heterocycles. The number of hydrogen-bond donors (Lipinski definition) is 1. The summed E-state index contributed by atoms with van der Waals surface area (Å²) in [6, 6.07) is 15.3. The Kier molecular flexibility index (Phi) is 9.14. The zero-order chi connectivity index (χ0) is 34.4. The molecule has 0 unspecified atom stereocenters. The number of rotatable bonds is 9. The molecule has 4 aromatic rings. The number of amides is 2. The third-order valence-electron chi connectivity index (χ3n) is 9.38. The average molecular weight is 694 g/mol. The van der Waals surface area contributed by atoms with E-state index < -0.39 is 29.8 Å². The van der Waals surface area contributed by atoms with Crippen LogP contribution in [-0.4, -0.2) is 90.6 Å². The highest BCUT2D eigenvalue weighted by Gasteiger charge is 2.49. The van der Waals surface area contributed by atoms with E-state index in [1.165, 1.54) is 13.0 Å². The fourth-order valence-electron chi connectivity index (χ4n) is 6.95. The van der Waals surface area contributed by atoms with Crippen molar-refractivity contribution < 1.29 is 42.1 Å². The van der Waals surface area contributed by atoms with Gasteiger partial charge in [0.15, 0.2) is 17.7 Å². The molecule has 1 N–H and O–H groups in total. The van der Waals surface area contributed by atoms with E-state index >= 15 is 4.39 Å². The second kappa shape index (κ2) is 13.5. The van der Waals surface area contributed by atoms with Crippen molar-refractivity contribution in [3.63, 3.8) is 0 Å². The van der Waals surface area contributed by atoms with Gasteiger partial charge in [0.25, 0.3) is 0 Å². The molecule has 4 heterocycles. The summed E-state index contributed by atoms with van der Waals surface area (Å²) >= 11 is 6.27. The summed E-state index contributed by atoms with van der Waals surface area (Å²) < 4.78 is 55.3. The fourth-order valence-corrected chi connectivity index (χ4v) is 7.18. The first kappa shape index (κ1) is 33.2. The first-order valence-electron chi connectivity index (χ1n) is 16.0. The molecule has 0 bridgehead atoms. The van der Waals surface area contributed by atoms with E-state index in [0.717, 1.165) is 4.90 Å². The number of likely N-dealkylation sites (tertiary alicyclic amines) is 1. The predicted octanol–water partition coefficient (Wildman–Crippen LogP) is 5.44. The first-order valence-corrected chi connectivity index (χ1v) is 16.3. The summed E-state index contributed by atoms with van der Waals surface area (Å²) in [6.07, 6.45) is -1.17. The molecule has 3 saturated heterocycles. The Morgan fingerprint density at radius 1 is 1.00 bits per heavy atom. The van der Waals surface area contributed by atoms with Crippen LogP contribution in [0.1, 0.15) is 23.7 Å². The van der Waals surface area contributed by atoms with Gasteiger partial charge >= 0.3 is 0 Å². The van der Waals surface area contributed by atoms with E-state index in [9.17, 15) is 18.8 Å². The largest absolute Gasteiger partial charge is 0.485 e. The third-order valence-corrected chi connectivity index (χ3v) is 9.71.